The fourth-order valence-corrected chi connectivity index (χ4v) is 5.40. The number of carbonyl (C=O) groups excluding carboxylic acids is 1. The van der Waals surface area contributed by atoms with E-state index in [0.717, 1.165) is 79.1 Å². The Morgan fingerprint density at radius 1 is 1.06 bits per heavy atom. The van der Waals surface area contributed by atoms with Gasteiger partial charge < -0.3 is 9.47 Å². The van der Waals surface area contributed by atoms with Crippen LogP contribution in [0.25, 0.3) is 22.3 Å². The van der Waals surface area contributed by atoms with Gasteiger partial charge in [0.2, 0.25) is 0 Å². The quantitative estimate of drug-likeness (QED) is 0.455. The van der Waals surface area contributed by atoms with Crippen LogP contribution in [0.15, 0.2) is 42.6 Å². The number of fused-ring (bicyclic) bond motifs is 2. The van der Waals surface area contributed by atoms with Crippen LogP contribution < -0.4 is 0 Å². The number of benzene rings is 1. The molecule has 0 radical (unpaired) electrons. The zero-order chi connectivity index (χ0) is 23.1. The molecule has 174 valence electrons. The monoisotopic (exact) mass is 455 g/mol. The van der Waals surface area contributed by atoms with E-state index in [1.54, 1.807) is 6.20 Å². The molecule has 1 unspecified atom stereocenters. The number of hydrogen-bond acceptors (Lipinski definition) is 5. The molecule has 3 aromatic heterocycles. The molecule has 6 rings (SSSR count). The van der Waals surface area contributed by atoms with Gasteiger partial charge in [-0.05, 0) is 38.7 Å². The minimum atomic E-state index is -0.0449. The van der Waals surface area contributed by atoms with Gasteiger partial charge >= 0.3 is 0 Å². The van der Waals surface area contributed by atoms with Gasteiger partial charge in [0, 0.05) is 31.6 Å². The van der Waals surface area contributed by atoms with Crippen molar-refractivity contribution in [2.24, 2.45) is 0 Å². The number of aromatic nitrogens is 6. The first-order valence-corrected chi connectivity index (χ1v) is 12.4. The maximum absolute atomic E-state index is 14.1. The van der Waals surface area contributed by atoms with E-state index in [1.165, 1.54) is 6.42 Å². The van der Waals surface area contributed by atoms with E-state index in [-0.39, 0.29) is 11.9 Å². The highest BCUT2D eigenvalue weighted by atomic mass is 16.2. The molecular weight excluding hydrogens is 426 g/mol. The van der Waals surface area contributed by atoms with Crippen molar-refractivity contribution >= 4 is 16.9 Å². The molecule has 2 aliphatic heterocycles. The molecule has 0 spiro atoms. The molecule has 34 heavy (non-hydrogen) atoms. The summed E-state index contributed by atoms with van der Waals surface area (Å²) in [5, 5.41) is 14.4. The van der Waals surface area contributed by atoms with Gasteiger partial charge in [0.05, 0.1) is 28.9 Å². The van der Waals surface area contributed by atoms with E-state index >= 15 is 0 Å². The highest BCUT2D eigenvalue weighted by molar-refractivity contribution is 6.06. The largest absolute Gasteiger partial charge is 0.328 e. The topological polar surface area (TPSA) is 81.7 Å². The van der Waals surface area contributed by atoms with Crippen molar-refractivity contribution in [2.75, 3.05) is 6.54 Å². The van der Waals surface area contributed by atoms with Crippen LogP contribution in [-0.4, -0.2) is 46.9 Å². The Bertz CT molecular complexity index is 1340. The average molecular weight is 456 g/mol. The predicted octanol–water partition coefficient (Wildman–Crippen LogP) is 4.41. The number of rotatable bonds is 4. The van der Waals surface area contributed by atoms with Crippen molar-refractivity contribution in [1.29, 1.82) is 0 Å². The van der Waals surface area contributed by atoms with Gasteiger partial charge in [-0.25, -0.2) is 9.67 Å². The fraction of sp³-hybridized carbons (Fsp3) is 0.423. The Morgan fingerprint density at radius 3 is 2.79 bits per heavy atom. The maximum atomic E-state index is 14.1. The Kier molecular flexibility index (Phi) is 5.36. The smallest absolute Gasteiger partial charge is 0.255 e. The first-order chi connectivity index (χ1) is 16.7. The number of carbonyl (C=O) groups is 1. The molecule has 0 saturated carbocycles. The minimum Gasteiger partial charge on any atom is -0.328 e. The van der Waals surface area contributed by atoms with Crippen LogP contribution in [-0.2, 0) is 19.5 Å². The summed E-state index contributed by atoms with van der Waals surface area (Å²) >= 11 is 0. The molecule has 8 nitrogen and oxygen atoms in total. The highest BCUT2D eigenvalue weighted by Crippen LogP contribution is 2.35. The van der Waals surface area contributed by atoms with Crippen molar-refractivity contribution in [3.05, 3.63) is 59.8 Å². The van der Waals surface area contributed by atoms with E-state index in [0.29, 0.717) is 12.1 Å². The summed E-state index contributed by atoms with van der Waals surface area (Å²) < 4.78 is 4.13. The van der Waals surface area contributed by atoms with Crippen molar-refractivity contribution < 1.29 is 4.79 Å². The van der Waals surface area contributed by atoms with Crippen molar-refractivity contribution in [3.8, 4) is 11.3 Å². The van der Waals surface area contributed by atoms with E-state index < -0.39 is 0 Å². The lowest BCUT2D eigenvalue weighted by molar-refractivity contribution is 0.0729. The molecule has 1 fully saturated rings. The first kappa shape index (κ1) is 21.0. The van der Waals surface area contributed by atoms with Crippen molar-refractivity contribution in [3.63, 3.8) is 0 Å². The molecule has 8 heteroatoms. The predicted molar refractivity (Wildman–Crippen MR) is 129 cm³/mol. The number of amides is 1. The zero-order valence-electron chi connectivity index (χ0n) is 19.5. The third-order valence-corrected chi connectivity index (χ3v) is 7.16. The summed E-state index contributed by atoms with van der Waals surface area (Å²) in [6.45, 7) is 4.40. The molecule has 1 aromatic carbocycles. The van der Waals surface area contributed by atoms with Gasteiger partial charge in [-0.1, -0.05) is 36.8 Å². The molecule has 1 saturated heterocycles. The molecule has 2 aliphatic rings. The van der Waals surface area contributed by atoms with E-state index in [9.17, 15) is 4.79 Å². The highest BCUT2D eigenvalue weighted by Gasteiger charge is 2.36. The summed E-state index contributed by atoms with van der Waals surface area (Å²) in [5.74, 6) is 2.03. The Labute approximate surface area is 198 Å². The third-order valence-electron chi connectivity index (χ3n) is 7.16. The standard InChI is InChI=1S/C26H29N7O/c1-2-33-24-20(17-27-33)19(16-21(28-24)18-10-5-3-6-11-18)26(34)31-15-9-12-22(31)25-30-29-23-13-7-4-8-14-32(23)25/h3,5-6,10-11,16-17,22H,2,4,7-9,12-15H2,1H3. The summed E-state index contributed by atoms with van der Waals surface area (Å²) in [5.41, 5.74) is 3.19. The SMILES string of the molecule is CCn1ncc2c(C(=O)N3CCCC3c3nnc4n3CCCCC4)cc(-c3ccccc3)nc21. The second-order valence-electron chi connectivity index (χ2n) is 9.21. The van der Waals surface area contributed by atoms with Crippen LogP contribution in [0.1, 0.15) is 67.1 Å². The molecule has 5 heterocycles. The average Bonchev–Trinajstić information content (AvgIpc) is 3.58. The summed E-state index contributed by atoms with van der Waals surface area (Å²) in [4.78, 5) is 21.0. The van der Waals surface area contributed by atoms with E-state index in [1.807, 2.05) is 52.9 Å². The second-order valence-corrected chi connectivity index (χ2v) is 9.21. The lowest BCUT2D eigenvalue weighted by Crippen LogP contribution is -2.32. The van der Waals surface area contributed by atoms with Crippen molar-refractivity contribution in [1.82, 2.24) is 34.4 Å². The normalized spacial score (nSPS) is 18.3. The van der Waals surface area contributed by atoms with Crippen LogP contribution in [0.2, 0.25) is 0 Å². The number of nitrogens with zero attached hydrogens (tertiary/aromatic N) is 7. The number of likely N-dealkylation sites (tertiary alicyclic amines) is 1. The van der Waals surface area contributed by atoms with Crippen molar-refractivity contribution in [2.45, 2.75) is 64.6 Å². The van der Waals surface area contributed by atoms with Gasteiger partial charge in [0.1, 0.15) is 5.82 Å². The zero-order valence-corrected chi connectivity index (χ0v) is 19.5. The number of aryl methyl sites for hydroxylation is 2. The summed E-state index contributed by atoms with van der Waals surface area (Å²) in [6, 6.07) is 11.9. The molecule has 0 aliphatic carbocycles. The third kappa shape index (κ3) is 3.48. The van der Waals surface area contributed by atoms with Gasteiger partial charge in [0.25, 0.3) is 5.91 Å². The number of pyridine rings is 1. The molecular formula is C26H29N7O. The maximum Gasteiger partial charge on any atom is 0.255 e. The first-order valence-electron chi connectivity index (χ1n) is 12.4. The fourth-order valence-electron chi connectivity index (χ4n) is 5.40. The van der Waals surface area contributed by atoms with E-state index in [4.69, 9.17) is 4.98 Å². The summed E-state index contributed by atoms with van der Waals surface area (Å²) in [6.07, 6.45) is 8.14. The van der Waals surface area contributed by atoms with Crippen LogP contribution in [0.4, 0.5) is 0 Å². The van der Waals surface area contributed by atoms with Crippen LogP contribution in [0.3, 0.4) is 0 Å². The van der Waals surface area contributed by atoms with E-state index in [2.05, 4.69) is 19.9 Å². The van der Waals surface area contributed by atoms with Gasteiger partial charge in [-0.15, -0.1) is 10.2 Å². The lowest BCUT2D eigenvalue weighted by Gasteiger charge is -2.25. The molecule has 0 bridgehead atoms. The Hall–Kier alpha value is -3.55. The second kappa shape index (κ2) is 8.66. The van der Waals surface area contributed by atoms with Gasteiger partial charge in [0.15, 0.2) is 11.5 Å². The molecule has 4 aromatic rings. The van der Waals surface area contributed by atoms with Crippen LogP contribution in [0.5, 0.6) is 0 Å². The minimum absolute atomic E-state index is 0.0220. The molecule has 0 N–H and O–H groups in total. The lowest BCUT2D eigenvalue weighted by atomic mass is 10.1. The number of hydrogen-bond donors (Lipinski definition) is 0. The molecule has 1 amide bonds. The van der Waals surface area contributed by atoms with Gasteiger partial charge in [-0.3, -0.25) is 4.79 Å². The van der Waals surface area contributed by atoms with Crippen LogP contribution >= 0.6 is 0 Å². The Balaban J connectivity index is 1.43. The Morgan fingerprint density at radius 2 is 1.94 bits per heavy atom. The van der Waals surface area contributed by atoms with Gasteiger partial charge in [-0.2, -0.15) is 5.10 Å². The summed E-state index contributed by atoms with van der Waals surface area (Å²) in [7, 11) is 0. The van der Waals surface area contributed by atoms with Crippen LogP contribution in [0, 0.1) is 0 Å². The molecule has 1 atom stereocenters.